The second-order valence-corrected chi connectivity index (χ2v) is 3.75. The average molecular weight is 189 g/mol. The van der Waals surface area contributed by atoms with Crippen molar-refractivity contribution in [3.63, 3.8) is 0 Å². The molecule has 0 atom stereocenters. The summed E-state index contributed by atoms with van der Waals surface area (Å²) in [5.74, 6) is 1.39. The predicted molar refractivity (Wildman–Crippen MR) is 57.0 cm³/mol. The van der Waals surface area contributed by atoms with Crippen molar-refractivity contribution in [2.75, 3.05) is 11.9 Å². The highest BCUT2D eigenvalue weighted by molar-refractivity contribution is 5.45. The molecule has 0 fully saturated rings. The number of nitrogens with one attached hydrogen (secondary N) is 1. The molecule has 0 radical (unpaired) electrons. The van der Waals surface area contributed by atoms with Crippen LogP contribution in [0.3, 0.4) is 0 Å². The monoisotopic (exact) mass is 189 g/mol. The van der Waals surface area contributed by atoms with Gasteiger partial charge in [-0.25, -0.2) is 4.98 Å². The summed E-state index contributed by atoms with van der Waals surface area (Å²) in [4.78, 5) is 4.19. The van der Waals surface area contributed by atoms with Gasteiger partial charge in [-0.15, -0.1) is 0 Å². The Morgan fingerprint density at radius 2 is 2.21 bits per heavy atom. The Labute approximate surface area is 84.8 Å². The van der Waals surface area contributed by atoms with Crippen molar-refractivity contribution in [1.82, 2.24) is 4.98 Å². The third kappa shape index (κ3) is 2.74. The fourth-order valence-electron chi connectivity index (χ4n) is 1.07. The van der Waals surface area contributed by atoms with Crippen LogP contribution in [0, 0.1) is 24.2 Å². The minimum Gasteiger partial charge on any atom is -0.370 e. The molecular formula is C11H15N3. The lowest BCUT2D eigenvalue weighted by Crippen LogP contribution is -2.10. The van der Waals surface area contributed by atoms with Gasteiger partial charge in [0.2, 0.25) is 0 Å². The maximum Gasteiger partial charge on any atom is 0.142 e. The standard InChI is InChI=1S/C11H15N3/c1-8(2)7-13-11-9(3)4-5-10(6-12)14-11/h4-5,8H,7H2,1-3H3,(H,13,14). The van der Waals surface area contributed by atoms with Gasteiger partial charge in [-0.1, -0.05) is 19.9 Å². The Morgan fingerprint density at radius 1 is 1.50 bits per heavy atom. The number of hydrogen-bond donors (Lipinski definition) is 1. The number of pyridine rings is 1. The molecule has 0 aliphatic carbocycles. The van der Waals surface area contributed by atoms with Gasteiger partial charge in [0.05, 0.1) is 0 Å². The van der Waals surface area contributed by atoms with E-state index in [4.69, 9.17) is 5.26 Å². The van der Waals surface area contributed by atoms with Crippen molar-refractivity contribution in [3.8, 4) is 6.07 Å². The van der Waals surface area contributed by atoms with Gasteiger partial charge in [0, 0.05) is 6.54 Å². The third-order valence-corrected chi connectivity index (χ3v) is 1.89. The normalized spacial score (nSPS) is 9.93. The van der Waals surface area contributed by atoms with Crippen molar-refractivity contribution in [1.29, 1.82) is 5.26 Å². The van der Waals surface area contributed by atoms with Crippen LogP contribution in [0.2, 0.25) is 0 Å². The highest BCUT2D eigenvalue weighted by Gasteiger charge is 2.02. The fraction of sp³-hybridized carbons (Fsp3) is 0.455. The van der Waals surface area contributed by atoms with E-state index in [1.165, 1.54) is 0 Å². The third-order valence-electron chi connectivity index (χ3n) is 1.89. The van der Waals surface area contributed by atoms with Crippen LogP contribution >= 0.6 is 0 Å². The van der Waals surface area contributed by atoms with Gasteiger partial charge >= 0.3 is 0 Å². The molecule has 0 saturated carbocycles. The predicted octanol–water partition coefficient (Wildman–Crippen LogP) is 2.33. The van der Waals surface area contributed by atoms with E-state index >= 15 is 0 Å². The lowest BCUT2D eigenvalue weighted by atomic mass is 10.2. The summed E-state index contributed by atoms with van der Waals surface area (Å²) in [6, 6.07) is 5.67. The molecular weight excluding hydrogens is 174 g/mol. The first kappa shape index (κ1) is 10.5. The number of hydrogen-bond acceptors (Lipinski definition) is 3. The van der Waals surface area contributed by atoms with Gasteiger partial charge < -0.3 is 5.32 Å². The van der Waals surface area contributed by atoms with Crippen LogP contribution in [0.1, 0.15) is 25.1 Å². The lowest BCUT2D eigenvalue weighted by Gasteiger charge is -2.10. The first-order chi connectivity index (χ1) is 6.63. The van der Waals surface area contributed by atoms with E-state index in [2.05, 4.69) is 24.1 Å². The zero-order valence-electron chi connectivity index (χ0n) is 8.83. The van der Waals surface area contributed by atoms with Gasteiger partial charge in [-0.2, -0.15) is 5.26 Å². The summed E-state index contributed by atoms with van der Waals surface area (Å²) in [6.07, 6.45) is 0. The van der Waals surface area contributed by atoms with Gasteiger partial charge in [0.1, 0.15) is 17.6 Å². The fourth-order valence-corrected chi connectivity index (χ4v) is 1.07. The first-order valence-electron chi connectivity index (χ1n) is 4.75. The minimum absolute atomic E-state index is 0.460. The van der Waals surface area contributed by atoms with E-state index in [0.717, 1.165) is 17.9 Å². The number of aromatic nitrogens is 1. The highest BCUT2D eigenvalue weighted by Crippen LogP contribution is 2.12. The molecule has 1 rings (SSSR count). The molecule has 0 aliphatic heterocycles. The zero-order valence-corrected chi connectivity index (χ0v) is 8.83. The molecule has 0 spiro atoms. The molecule has 0 unspecified atom stereocenters. The summed E-state index contributed by atoms with van der Waals surface area (Å²) in [7, 11) is 0. The molecule has 0 saturated heterocycles. The average Bonchev–Trinajstić information content (AvgIpc) is 2.16. The molecule has 1 aromatic heterocycles. The molecule has 1 heterocycles. The molecule has 3 heteroatoms. The molecule has 3 nitrogen and oxygen atoms in total. The molecule has 0 aromatic carbocycles. The summed E-state index contributed by atoms with van der Waals surface area (Å²) >= 11 is 0. The number of aryl methyl sites for hydroxylation is 1. The summed E-state index contributed by atoms with van der Waals surface area (Å²) in [5, 5.41) is 11.9. The summed E-state index contributed by atoms with van der Waals surface area (Å²) in [5.41, 5.74) is 1.53. The van der Waals surface area contributed by atoms with Gasteiger partial charge in [-0.3, -0.25) is 0 Å². The van der Waals surface area contributed by atoms with Gasteiger partial charge in [0.25, 0.3) is 0 Å². The number of nitriles is 1. The van der Waals surface area contributed by atoms with Crippen molar-refractivity contribution >= 4 is 5.82 Å². The Hall–Kier alpha value is -1.56. The largest absolute Gasteiger partial charge is 0.370 e. The van der Waals surface area contributed by atoms with E-state index in [0.29, 0.717) is 11.6 Å². The van der Waals surface area contributed by atoms with E-state index in [1.807, 2.05) is 19.1 Å². The molecule has 0 amide bonds. The van der Waals surface area contributed by atoms with Crippen molar-refractivity contribution in [2.24, 2.45) is 5.92 Å². The molecule has 1 N–H and O–H groups in total. The number of anilines is 1. The second kappa shape index (κ2) is 4.61. The molecule has 0 aliphatic rings. The molecule has 1 aromatic rings. The van der Waals surface area contributed by atoms with Crippen molar-refractivity contribution in [2.45, 2.75) is 20.8 Å². The number of nitrogens with zero attached hydrogens (tertiary/aromatic N) is 2. The highest BCUT2D eigenvalue weighted by atomic mass is 15.0. The van der Waals surface area contributed by atoms with Crippen LogP contribution in [-0.4, -0.2) is 11.5 Å². The van der Waals surface area contributed by atoms with Crippen LogP contribution in [0.15, 0.2) is 12.1 Å². The van der Waals surface area contributed by atoms with E-state index < -0.39 is 0 Å². The summed E-state index contributed by atoms with van der Waals surface area (Å²) < 4.78 is 0. The second-order valence-electron chi connectivity index (χ2n) is 3.75. The Morgan fingerprint density at radius 3 is 2.79 bits per heavy atom. The minimum atomic E-state index is 0.460. The van der Waals surface area contributed by atoms with Gasteiger partial charge in [0.15, 0.2) is 0 Å². The lowest BCUT2D eigenvalue weighted by molar-refractivity contribution is 0.686. The van der Waals surface area contributed by atoms with Gasteiger partial charge in [-0.05, 0) is 24.5 Å². The summed E-state index contributed by atoms with van der Waals surface area (Å²) in [6.45, 7) is 7.13. The van der Waals surface area contributed by atoms with Crippen LogP contribution < -0.4 is 5.32 Å². The Balaban J connectivity index is 2.80. The number of rotatable bonds is 3. The SMILES string of the molecule is Cc1ccc(C#N)nc1NCC(C)C. The molecule has 74 valence electrons. The Kier molecular flexibility index (Phi) is 3.47. The zero-order chi connectivity index (χ0) is 10.6. The van der Waals surface area contributed by atoms with Crippen molar-refractivity contribution < 1.29 is 0 Å². The van der Waals surface area contributed by atoms with Crippen LogP contribution in [0.5, 0.6) is 0 Å². The maximum atomic E-state index is 8.69. The van der Waals surface area contributed by atoms with Crippen LogP contribution in [0.4, 0.5) is 5.82 Å². The van der Waals surface area contributed by atoms with Crippen LogP contribution in [0.25, 0.3) is 0 Å². The quantitative estimate of drug-likeness (QED) is 0.793. The molecule has 0 bridgehead atoms. The topological polar surface area (TPSA) is 48.7 Å². The maximum absolute atomic E-state index is 8.69. The first-order valence-corrected chi connectivity index (χ1v) is 4.75. The smallest absolute Gasteiger partial charge is 0.142 e. The van der Waals surface area contributed by atoms with E-state index in [1.54, 1.807) is 6.07 Å². The van der Waals surface area contributed by atoms with Crippen molar-refractivity contribution in [3.05, 3.63) is 23.4 Å². The van der Waals surface area contributed by atoms with Crippen LogP contribution in [-0.2, 0) is 0 Å². The van der Waals surface area contributed by atoms with E-state index in [9.17, 15) is 0 Å². The van der Waals surface area contributed by atoms with E-state index in [-0.39, 0.29) is 0 Å². The molecule has 14 heavy (non-hydrogen) atoms. The Bertz CT molecular complexity index is 350.